The maximum absolute atomic E-state index is 13.2. The van der Waals surface area contributed by atoms with Crippen molar-refractivity contribution in [1.82, 2.24) is 15.1 Å². The van der Waals surface area contributed by atoms with E-state index in [0.29, 0.717) is 17.1 Å². The van der Waals surface area contributed by atoms with Crippen molar-refractivity contribution in [3.05, 3.63) is 35.4 Å². The maximum Gasteiger partial charge on any atom is 0.257 e. The van der Waals surface area contributed by atoms with Crippen molar-refractivity contribution in [2.45, 2.75) is 51.4 Å². The molecule has 0 aromatic heterocycles. The van der Waals surface area contributed by atoms with Gasteiger partial charge in [0.25, 0.3) is 5.91 Å². The number of carbonyl (C=O) groups excluding carboxylic acids is 1. The fourth-order valence-electron chi connectivity index (χ4n) is 5.43. The number of thiocarbonyl (C=S) groups is 1. The van der Waals surface area contributed by atoms with Crippen LogP contribution in [0.5, 0.6) is 11.5 Å². The number of likely N-dealkylation sites (tertiary alicyclic amines) is 2. The zero-order valence-electron chi connectivity index (χ0n) is 20.0. The van der Waals surface area contributed by atoms with Crippen LogP contribution in [-0.4, -0.2) is 67.8 Å². The quantitative estimate of drug-likeness (QED) is 0.490. The molecule has 7 heteroatoms. The van der Waals surface area contributed by atoms with Crippen LogP contribution in [0.2, 0.25) is 0 Å². The number of rotatable bonds is 6. The van der Waals surface area contributed by atoms with Gasteiger partial charge in [0.05, 0.1) is 19.8 Å². The summed E-state index contributed by atoms with van der Waals surface area (Å²) >= 11 is 5.72. The highest BCUT2D eigenvalue weighted by Crippen LogP contribution is 2.41. The molecule has 4 rings (SSSR count). The van der Waals surface area contributed by atoms with E-state index in [1.807, 2.05) is 11.0 Å². The first-order chi connectivity index (χ1) is 16.0. The highest BCUT2D eigenvalue weighted by molar-refractivity contribution is 7.80. The second-order valence-corrected chi connectivity index (χ2v) is 10.0. The second kappa shape index (κ2) is 10.8. The number of hydrogen-bond acceptors (Lipinski definition) is 4. The van der Waals surface area contributed by atoms with Gasteiger partial charge in [0.15, 0.2) is 5.11 Å². The maximum atomic E-state index is 13.2. The third kappa shape index (κ3) is 5.62. The van der Waals surface area contributed by atoms with E-state index in [-0.39, 0.29) is 11.3 Å². The molecule has 180 valence electrons. The summed E-state index contributed by atoms with van der Waals surface area (Å²) in [6.07, 6.45) is 11.8. The highest BCUT2D eigenvalue weighted by atomic mass is 32.1. The topological polar surface area (TPSA) is 54.0 Å². The number of nitrogens with zero attached hydrogens (tertiary/aromatic N) is 2. The largest absolute Gasteiger partial charge is 0.497 e. The third-order valence-corrected chi connectivity index (χ3v) is 7.98. The minimum atomic E-state index is 0.0182. The van der Waals surface area contributed by atoms with Crippen molar-refractivity contribution in [2.75, 3.05) is 46.9 Å². The summed E-state index contributed by atoms with van der Waals surface area (Å²) in [7, 11) is 3.21. The monoisotopic (exact) mass is 471 g/mol. The highest BCUT2D eigenvalue weighted by Gasteiger charge is 2.42. The number of methoxy groups -OCH3 is 2. The molecule has 1 amide bonds. The van der Waals surface area contributed by atoms with Crippen LogP contribution in [0.15, 0.2) is 29.8 Å². The molecular weight excluding hydrogens is 434 g/mol. The number of hydrogen-bond donors (Lipinski definition) is 1. The van der Waals surface area contributed by atoms with Crippen molar-refractivity contribution in [2.24, 2.45) is 5.41 Å². The van der Waals surface area contributed by atoms with Crippen molar-refractivity contribution in [3.8, 4) is 11.5 Å². The lowest BCUT2D eigenvalue weighted by molar-refractivity contribution is 0.0595. The first-order valence-electron chi connectivity index (χ1n) is 12.3. The number of ether oxygens (including phenoxy) is 2. The molecule has 1 N–H and O–H groups in total. The Morgan fingerprint density at radius 2 is 1.85 bits per heavy atom. The molecule has 2 heterocycles. The van der Waals surface area contributed by atoms with Crippen molar-refractivity contribution < 1.29 is 14.3 Å². The number of allylic oxidation sites excluding steroid dienone is 1. The Hall–Kier alpha value is -2.28. The first-order valence-corrected chi connectivity index (χ1v) is 12.7. The van der Waals surface area contributed by atoms with E-state index >= 15 is 0 Å². The molecular formula is C26H37N3O3S. The average molecular weight is 472 g/mol. The van der Waals surface area contributed by atoms with Crippen molar-refractivity contribution in [3.63, 3.8) is 0 Å². The fraction of sp³-hybridized carbons (Fsp3) is 0.615. The minimum absolute atomic E-state index is 0.0182. The van der Waals surface area contributed by atoms with Gasteiger partial charge in [-0.05, 0) is 87.2 Å². The Labute approximate surface area is 203 Å². The number of carbonyl (C=O) groups is 1. The molecule has 1 aliphatic carbocycles. The van der Waals surface area contributed by atoms with Crippen LogP contribution in [0.4, 0.5) is 0 Å². The lowest BCUT2D eigenvalue weighted by atomic mass is 9.77. The summed E-state index contributed by atoms with van der Waals surface area (Å²) in [6, 6.07) is 5.39. The van der Waals surface area contributed by atoms with E-state index in [9.17, 15) is 4.79 Å². The van der Waals surface area contributed by atoms with E-state index in [4.69, 9.17) is 21.7 Å². The Kier molecular flexibility index (Phi) is 7.78. The summed E-state index contributed by atoms with van der Waals surface area (Å²) in [5.74, 6) is 1.28. The Bertz CT molecular complexity index is 893. The van der Waals surface area contributed by atoms with Crippen LogP contribution in [0.1, 0.15) is 61.7 Å². The number of amides is 1. The van der Waals surface area contributed by atoms with Gasteiger partial charge < -0.3 is 24.6 Å². The fourth-order valence-corrected chi connectivity index (χ4v) is 5.68. The van der Waals surface area contributed by atoms with Gasteiger partial charge in [-0.15, -0.1) is 0 Å². The van der Waals surface area contributed by atoms with Crippen LogP contribution < -0.4 is 14.8 Å². The van der Waals surface area contributed by atoms with Gasteiger partial charge in [-0.3, -0.25) is 4.79 Å². The van der Waals surface area contributed by atoms with Crippen LogP contribution in [0.3, 0.4) is 0 Å². The molecule has 3 aliphatic rings. The zero-order chi connectivity index (χ0) is 23.3. The third-order valence-electron chi connectivity index (χ3n) is 7.58. The summed E-state index contributed by atoms with van der Waals surface area (Å²) in [5.41, 5.74) is 2.41. The minimum Gasteiger partial charge on any atom is -0.497 e. The smallest absolute Gasteiger partial charge is 0.257 e. The molecule has 1 spiro atoms. The Balaban J connectivity index is 1.27. The van der Waals surface area contributed by atoms with Crippen LogP contribution in [0.25, 0.3) is 0 Å². The van der Waals surface area contributed by atoms with Gasteiger partial charge in [-0.25, -0.2) is 0 Å². The molecule has 0 radical (unpaired) electrons. The van der Waals surface area contributed by atoms with E-state index in [0.717, 1.165) is 63.5 Å². The van der Waals surface area contributed by atoms with Crippen molar-refractivity contribution >= 4 is 23.2 Å². The normalized spacial score (nSPS) is 19.9. The van der Waals surface area contributed by atoms with Gasteiger partial charge in [-0.1, -0.05) is 11.6 Å². The van der Waals surface area contributed by atoms with Crippen LogP contribution >= 0.6 is 12.2 Å². The molecule has 0 bridgehead atoms. The number of nitrogens with one attached hydrogen (secondary N) is 1. The summed E-state index contributed by atoms with van der Waals surface area (Å²) in [4.78, 5) is 17.5. The summed E-state index contributed by atoms with van der Waals surface area (Å²) in [6.45, 7) is 4.46. The summed E-state index contributed by atoms with van der Waals surface area (Å²) in [5, 5.41) is 4.38. The van der Waals surface area contributed by atoms with Crippen molar-refractivity contribution in [1.29, 1.82) is 0 Å². The SMILES string of the molecule is COc1ccc(OC)c(C(=O)N2CCC3(CC2)CCN(C(=S)NCCC2=CCCCC2)C3)c1. The standard InChI is InChI=1S/C26H37N3O3S/c1-31-21-8-9-23(32-2)22(18-21)24(30)28-15-11-26(12-16-28)13-17-29(19-26)25(33)27-14-10-20-6-4-3-5-7-20/h6,8-9,18H,3-5,7,10-17,19H2,1-2H3,(H,27,33). The lowest BCUT2D eigenvalue weighted by Gasteiger charge is -2.39. The van der Waals surface area contributed by atoms with E-state index < -0.39 is 0 Å². The van der Waals surface area contributed by atoms with Gasteiger partial charge in [-0.2, -0.15) is 0 Å². The zero-order valence-corrected chi connectivity index (χ0v) is 20.8. The van der Waals surface area contributed by atoms with Gasteiger partial charge in [0, 0.05) is 32.7 Å². The summed E-state index contributed by atoms with van der Waals surface area (Å²) < 4.78 is 10.7. The van der Waals surface area contributed by atoms with Gasteiger partial charge in [0.2, 0.25) is 0 Å². The molecule has 1 aromatic carbocycles. The number of benzene rings is 1. The Morgan fingerprint density at radius 3 is 2.52 bits per heavy atom. The molecule has 33 heavy (non-hydrogen) atoms. The van der Waals surface area contributed by atoms with E-state index in [2.05, 4.69) is 16.3 Å². The predicted octanol–water partition coefficient (Wildman–Crippen LogP) is 4.40. The molecule has 2 fully saturated rings. The van der Waals surface area contributed by atoms with Crippen LogP contribution in [0, 0.1) is 5.41 Å². The van der Waals surface area contributed by atoms with Gasteiger partial charge in [0.1, 0.15) is 11.5 Å². The molecule has 0 atom stereocenters. The Morgan fingerprint density at radius 1 is 1.09 bits per heavy atom. The molecule has 2 aliphatic heterocycles. The van der Waals surface area contributed by atoms with E-state index in [1.165, 1.54) is 25.7 Å². The molecule has 1 aromatic rings. The van der Waals surface area contributed by atoms with E-state index in [1.54, 1.807) is 31.9 Å². The lowest BCUT2D eigenvalue weighted by Crippen LogP contribution is -2.45. The molecule has 0 saturated carbocycles. The average Bonchev–Trinajstić information content (AvgIpc) is 3.27. The molecule has 2 saturated heterocycles. The van der Waals surface area contributed by atoms with Crippen LogP contribution in [-0.2, 0) is 0 Å². The van der Waals surface area contributed by atoms with Gasteiger partial charge >= 0.3 is 0 Å². The molecule has 6 nitrogen and oxygen atoms in total. The first kappa shape index (κ1) is 23.9. The second-order valence-electron chi connectivity index (χ2n) is 9.62. The molecule has 0 unspecified atom stereocenters. The number of piperidine rings is 1. The predicted molar refractivity (Wildman–Crippen MR) is 135 cm³/mol.